The summed E-state index contributed by atoms with van der Waals surface area (Å²) in [4.78, 5) is 25.0. The molecule has 1 aliphatic rings. The minimum Gasteiger partial charge on any atom is -0.481 e. The maximum absolute atomic E-state index is 12.7. The zero-order valence-electron chi connectivity index (χ0n) is 12.3. The summed E-state index contributed by atoms with van der Waals surface area (Å²) in [5, 5.41) is 14.0. The summed E-state index contributed by atoms with van der Waals surface area (Å²) in [7, 11) is 0. The average Bonchev–Trinajstić information content (AvgIpc) is 2.94. The summed E-state index contributed by atoms with van der Waals surface area (Å²) in [6.07, 6.45) is 2.23. The van der Waals surface area contributed by atoms with E-state index in [1.165, 1.54) is 4.88 Å². The lowest BCUT2D eigenvalue weighted by Crippen LogP contribution is -2.50. The smallest absolute Gasteiger partial charge is 0.305 e. The largest absolute Gasteiger partial charge is 0.481 e. The number of hydrogen-bond acceptors (Lipinski definition) is 4. The van der Waals surface area contributed by atoms with Crippen LogP contribution in [-0.4, -0.2) is 28.3 Å². The molecule has 1 aromatic heterocycles. The number of thiophene rings is 1. The molecule has 1 aliphatic heterocycles. The summed E-state index contributed by atoms with van der Waals surface area (Å²) < 4.78 is 0. The highest BCUT2D eigenvalue weighted by molar-refractivity contribution is 8.00. The molecule has 0 bridgehead atoms. The molecule has 0 spiro atoms. The van der Waals surface area contributed by atoms with Crippen LogP contribution >= 0.6 is 23.1 Å². The van der Waals surface area contributed by atoms with Gasteiger partial charge in [0.25, 0.3) is 0 Å². The number of thioether (sulfide) groups is 1. The zero-order valence-corrected chi connectivity index (χ0v) is 14.0. The topological polar surface area (TPSA) is 66.4 Å². The fraction of sp³-hybridized carbons (Fsp3) is 0.600. The van der Waals surface area contributed by atoms with E-state index in [2.05, 4.69) is 5.32 Å². The van der Waals surface area contributed by atoms with Crippen molar-refractivity contribution in [1.29, 1.82) is 0 Å². The van der Waals surface area contributed by atoms with Gasteiger partial charge in [0.15, 0.2) is 0 Å². The van der Waals surface area contributed by atoms with Gasteiger partial charge in [-0.05, 0) is 42.0 Å². The molecule has 0 fully saturated rings. The van der Waals surface area contributed by atoms with Crippen molar-refractivity contribution in [2.75, 3.05) is 5.75 Å². The van der Waals surface area contributed by atoms with Crippen LogP contribution in [0.5, 0.6) is 0 Å². The molecule has 116 valence electrons. The number of carboxylic acid groups (broad SMARTS) is 1. The van der Waals surface area contributed by atoms with Crippen LogP contribution in [0, 0.1) is 0 Å². The van der Waals surface area contributed by atoms with Crippen molar-refractivity contribution in [3.63, 3.8) is 0 Å². The normalized spacial score (nSPS) is 18.1. The Morgan fingerprint density at radius 2 is 2.14 bits per heavy atom. The van der Waals surface area contributed by atoms with Crippen LogP contribution in [0.2, 0.25) is 0 Å². The summed E-state index contributed by atoms with van der Waals surface area (Å²) in [5.41, 5.74) is 0.460. The van der Waals surface area contributed by atoms with Gasteiger partial charge in [0.2, 0.25) is 5.91 Å². The molecule has 1 amide bonds. The van der Waals surface area contributed by atoms with Crippen molar-refractivity contribution in [3.05, 3.63) is 21.9 Å². The first-order chi connectivity index (χ1) is 10.0. The van der Waals surface area contributed by atoms with Crippen LogP contribution in [0.15, 0.2) is 11.4 Å². The SMILES string of the molecule is CCC(CC)(CC(=O)O)NC(=O)C1SCCc2sccc21. The van der Waals surface area contributed by atoms with E-state index in [1.54, 1.807) is 23.1 Å². The molecule has 21 heavy (non-hydrogen) atoms. The van der Waals surface area contributed by atoms with Crippen LogP contribution in [0.3, 0.4) is 0 Å². The summed E-state index contributed by atoms with van der Waals surface area (Å²) in [6, 6.07) is 2.02. The third-order valence-electron chi connectivity index (χ3n) is 4.15. The summed E-state index contributed by atoms with van der Waals surface area (Å²) in [6.45, 7) is 3.85. The first-order valence-electron chi connectivity index (χ1n) is 7.23. The van der Waals surface area contributed by atoms with Gasteiger partial charge in [-0.2, -0.15) is 0 Å². The molecule has 4 nitrogen and oxygen atoms in total. The van der Waals surface area contributed by atoms with Crippen molar-refractivity contribution in [1.82, 2.24) is 5.32 Å². The van der Waals surface area contributed by atoms with Gasteiger partial charge in [0.1, 0.15) is 5.25 Å². The van der Waals surface area contributed by atoms with E-state index < -0.39 is 11.5 Å². The third-order valence-corrected chi connectivity index (χ3v) is 6.38. The highest BCUT2D eigenvalue weighted by atomic mass is 32.2. The van der Waals surface area contributed by atoms with Gasteiger partial charge in [-0.3, -0.25) is 9.59 Å². The van der Waals surface area contributed by atoms with Crippen LogP contribution in [0.25, 0.3) is 0 Å². The number of carbonyl (C=O) groups is 2. The van der Waals surface area contributed by atoms with Crippen molar-refractivity contribution in [3.8, 4) is 0 Å². The van der Waals surface area contributed by atoms with Crippen LogP contribution in [0.1, 0.15) is 48.8 Å². The molecule has 0 saturated heterocycles. The number of amides is 1. The van der Waals surface area contributed by atoms with E-state index in [4.69, 9.17) is 5.11 Å². The molecule has 0 aliphatic carbocycles. The summed E-state index contributed by atoms with van der Waals surface area (Å²) >= 11 is 3.35. The lowest BCUT2D eigenvalue weighted by Gasteiger charge is -2.33. The third kappa shape index (κ3) is 3.61. The number of hydrogen-bond donors (Lipinski definition) is 2. The van der Waals surface area contributed by atoms with Crippen molar-refractivity contribution in [2.24, 2.45) is 0 Å². The average molecular weight is 327 g/mol. The predicted octanol–water partition coefficient (Wildman–Crippen LogP) is 3.23. The van der Waals surface area contributed by atoms with Gasteiger partial charge in [-0.1, -0.05) is 13.8 Å². The standard InChI is InChI=1S/C15H21NO3S2/c1-3-15(4-2,9-12(17)18)16-14(19)13-10-5-7-20-11(10)6-8-21-13/h5,7,13H,3-4,6,8-9H2,1-2H3,(H,16,19)(H,17,18). The number of aryl methyl sites for hydroxylation is 1. The highest BCUT2D eigenvalue weighted by Crippen LogP contribution is 2.40. The van der Waals surface area contributed by atoms with Gasteiger partial charge in [-0.15, -0.1) is 23.1 Å². The van der Waals surface area contributed by atoms with Crippen molar-refractivity contribution in [2.45, 2.75) is 50.3 Å². The first kappa shape index (κ1) is 16.4. The number of fused-ring (bicyclic) bond motifs is 1. The molecule has 6 heteroatoms. The number of carboxylic acids is 1. The van der Waals surface area contributed by atoms with Gasteiger partial charge >= 0.3 is 5.97 Å². The van der Waals surface area contributed by atoms with E-state index in [1.807, 2.05) is 25.3 Å². The minimum atomic E-state index is -0.869. The van der Waals surface area contributed by atoms with E-state index in [9.17, 15) is 9.59 Å². The van der Waals surface area contributed by atoms with Gasteiger partial charge < -0.3 is 10.4 Å². The van der Waals surface area contributed by atoms with Gasteiger partial charge in [0, 0.05) is 4.88 Å². The Hall–Kier alpha value is -1.01. The fourth-order valence-corrected chi connectivity index (χ4v) is 4.99. The lowest BCUT2D eigenvalue weighted by atomic mass is 9.88. The molecule has 0 radical (unpaired) electrons. The number of aliphatic carboxylic acids is 1. The second-order valence-corrected chi connectivity index (χ2v) is 7.56. The Kier molecular flexibility index (Phi) is 5.32. The van der Waals surface area contributed by atoms with E-state index in [0.717, 1.165) is 17.7 Å². The molecule has 1 unspecified atom stereocenters. The second kappa shape index (κ2) is 6.83. The molecular weight excluding hydrogens is 306 g/mol. The fourth-order valence-electron chi connectivity index (χ4n) is 2.70. The molecular formula is C15H21NO3S2. The van der Waals surface area contributed by atoms with E-state index in [0.29, 0.717) is 12.8 Å². The molecule has 1 aromatic rings. The predicted molar refractivity (Wildman–Crippen MR) is 86.9 cm³/mol. The summed E-state index contributed by atoms with van der Waals surface area (Å²) in [5.74, 6) is 0.0197. The Labute approximate surface area is 133 Å². The molecule has 2 N–H and O–H groups in total. The highest BCUT2D eigenvalue weighted by Gasteiger charge is 2.35. The maximum Gasteiger partial charge on any atom is 0.305 e. The molecule has 2 rings (SSSR count). The van der Waals surface area contributed by atoms with Crippen molar-refractivity contribution >= 4 is 35.0 Å². The zero-order chi connectivity index (χ0) is 15.5. The van der Waals surface area contributed by atoms with Crippen molar-refractivity contribution < 1.29 is 14.7 Å². The monoisotopic (exact) mass is 327 g/mol. The second-order valence-electron chi connectivity index (χ2n) is 5.35. The van der Waals surface area contributed by atoms with Gasteiger partial charge in [0.05, 0.1) is 12.0 Å². The molecule has 1 atom stereocenters. The molecule has 2 heterocycles. The molecule has 0 saturated carbocycles. The quantitative estimate of drug-likeness (QED) is 0.842. The van der Waals surface area contributed by atoms with Crippen LogP contribution in [0.4, 0.5) is 0 Å². The number of nitrogens with one attached hydrogen (secondary N) is 1. The Morgan fingerprint density at radius 1 is 1.43 bits per heavy atom. The molecule has 0 aromatic carbocycles. The van der Waals surface area contributed by atoms with Gasteiger partial charge in [-0.25, -0.2) is 0 Å². The number of carbonyl (C=O) groups excluding carboxylic acids is 1. The van der Waals surface area contributed by atoms with Crippen LogP contribution < -0.4 is 5.32 Å². The Balaban J connectivity index is 2.15. The van der Waals surface area contributed by atoms with Crippen LogP contribution in [-0.2, 0) is 16.0 Å². The number of rotatable bonds is 6. The Morgan fingerprint density at radius 3 is 2.76 bits per heavy atom. The van der Waals surface area contributed by atoms with E-state index >= 15 is 0 Å². The maximum atomic E-state index is 12.7. The Bertz CT molecular complexity index is 523. The van der Waals surface area contributed by atoms with E-state index in [-0.39, 0.29) is 17.6 Å². The minimum absolute atomic E-state index is 0.0282. The first-order valence-corrected chi connectivity index (χ1v) is 9.16. The lowest BCUT2D eigenvalue weighted by molar-refractivity contribution is -0.139.